The van der Waals surface area contributed by atoms with Crippen LogP contribution in [0.15, 0.2) is 47.4 Å². The maximum absolute atomic E-state index is 12.4. The smallest absolute Gasteiger partial charge is 0.230 e. The highest BCUT2D eigenvalue weighted by Crippen LogP contribution is 2.34. The summed E-state index contributed by atoms with van der Waals surface area (Å²) in [6, 6.07) is 14.2. The van der Waals surface area contributed by atoms with Crippen molar-refractivity contribution in [1.29, 1.82) is 0 Å². The van der Waals surface area contributed by atoms with Crippen LogP contribution in [0.1, 0.15) is 11.1 Å². The fourth-order valence-electron chi connectivity index (χ4n) is 3.52. The second-order valence-corrected chi connectivity index (χ2v) is 8.23. The molecular weight excluding hydrogens is 388 g/mol. The topological polar surface area (TPSA) is 61.2 Å². The molecule has 0 spiro atoms. The van der Waals surface area contributed by atoms with E-state index in [1.807, 2.05) is 24.3 Å². The van der Waals surface area contributed by atoms with Gasteiger partial charge in [-0.25, -0.2) is 0 Å². The Balaban J connectivity index is 1.27. The highest BCUT2D eigenvalue weighted by molar-refractivity contribution is 8.00. The van der Waals surface area contributed by atoms with Crippen molar-refractivity contribution in [2.24, 2.45) is 0 Å². The lowest BCUT2D eigenvalue weighted by Gasteiger charge is -2.24. The van der Waals surface area contributed by atoms with Crippen molar-refractivity contribution in [3.05, 3.63) is 53.6 Å². The van der Waals surface area contributed by atoms with E-state index < -0.39 is 0 Å². The molecule has 4 rings (SSSR count). The molecule has 0 radical (unpaired) electrons. The molecule has 7 heteroatoms. The first-order valence-electron chi connectivity index (χ1n) is 10.1. The highest BCUT2D eigenvalue weighted by Gasteiger charge is 2.16. The minimum absolute atomic E-state index is 0.0263. The van der Waals surface area contributed by atoms with Crippen LogP contribution in [0.25, 0.3) is 0 Å². The van der Waals surface area contributed by atoms with Gasteiger partial charge in [0.1, 0.15) is 32.8 Å². The van der Waals surface area contributed by atoms with Crippen LogP contribution in [-0.4, -0.2) is 51.2 Å². The van der Waals surface area contributed by atoms with Gasteiger partial charge < -0.3 is 24.4 Å². The summed E-state index contributed by atoms with van der Waals surface area (Å²) >= 11 is 1.50. The third-order valence-electron chi connectivity index (χ3n) is 5.12. The molecule has 2 aliphatic heterocycles. The molecular formula is C22H27N2O4S+. The summed E-state index contributed by atoms with van der Waals surface area (Å²) in [5, 5.41) is 3.06. The van der Waals surface area contributed by atoms with Crippen LogP contribution in [-0.2, 0) is 22.6 Å². The standard InChI is InChI=1S/C22H26N2O4S/c25-22(16-29-19-5-6-20-21(13-19)28-12-11-27-20)23-14-17-3-1-2-4-18(17)15-24-7-9-26-10-8-24/h1-6,13H,7-12,14-16H2,(H,23,25)/p+1. The molecule has 6 nitrogen and oxygen atoms in total. The molecule has 2 N–H and O–H groups in total. The molecule has 29 heavy (non-hydrogen) atoms. The first-order chi connectivity index (χ1) is 14.3. The molecule has 0 aliphatic carbocycles. The van der Waals surface area contributed by atoms with Gasteiger partial charge in [0.15, 0.2) is 11.5 Å². The zero-order valence-corrected chi connectivity index (χ0v) is 17.3. The van der Waals surface area contributed by atoms with Crippen molar-refractivity contribution in [3.63, 3.8) is 0 Å². The molecule has 1 saturated heterocycles. The lowest BCUT2D eigenvalue weighted by atomic mass is 10.1. The number of benzene rings is 2. The quantitative estimate of drug-likeness (QED) is 0.668. The Labute approximate surface area is 175 Å². The predicted molar refractivity (Wildman–Crippen MR) is 112 cm³/mol. The number of fused-ring (bicyclic) bond motifs is 1. The monoisotopic (exact) mass is 415 g/mol. The lowest BCUT2D eigenvalue weighted by Crippen LogP contribution is -3.12. The largest absolute Gasteiger partial charge is 0.486 e. The Morgan fingerprint density at radius 2 is 1.72 bits per heavy atom. The third-order valence-corrected chi connectivity index (χ3v) is 6.11. The SMILES string of the molecule is O=C(CSc1ccc2c(c1)OCCO2)NCc1ccccc1C[NH+]1CCOCC1. The summed E-state index contributed by atoms with van der Waals surface area (Å²) in [5.41, 5.74) is 2.48. The highest BCUT2D eigenvalue weighted by atomic mass is 32.2. The molecule has 0 saturated carbocycles. The van der Waals surface area contributed by atoms with Crippen LogP contribution in [0.4, 0.5) is 0 Å². The minimum Gasteiger partial charge on any atom is -0.486 e. The van der Waals surface area contributed by atoms with Gasteiger partial charge >= 0.3 is 0 Å². The summed E-state index contributed by atoms with van der Waals surface area (Å²) in [5.74, 6) is 1.92. The Kier molecular flexibility index (Phi) is 6.92. The van der Waals surface area contributed by atoms with Crippen LogP contribution in [0.3, 0.4) is 0 Å². The van der Waals surface area contributed by atoms with E-state index in [0.29, 0.717) is 25.5 Å². The first kappa shape index (κ1) is 20.1. The molecule has 0 atom stereocenters. The number of hydrogen-bond donors (Lipinski definition) is 2. The number of morpholine rings is 1. The van der Waals surface area contributed by atoms with Crippen molar-refractivity contribution >= 4 is 17.7 Å². The van der Waals surface area contributed by atoms with Crippen molar-refractivity contribution in [2.45, 2.75) is 18.0 Å². The van der Waals surface area contributed by atoms with Crippen molar-refractivity contribution < 1.29 is 23.9 Å². The number of nitrogens with one attached hydrogen (secondary N) is 2. The van der Waals surface area contributed by atoms with Crippen molar-refractivity contribution in [3.8, 4) is 11.5 Å². The molecule has 0 unspecified atom stereocenters. The first-order valence-corrected chi connectivity index (χ1v) is 11.0. The van der Waals surface area contributed by atoms with E-state index in [2.05, 4.69) is 23.5 Å². The maximum atomic E-state index is 12.4. The van der Waals surface area contributed by atoms with Gasteiger partial charge in [0.05, 0.1) is 19.0 Å². The summed E-state index contributed by atoms with van der Waals surface area (Å²) < 4.78 is 16.6. The average Bonchev–Trinajstić information content (AvgIpc) is 2.77. The summed E-state index contributed by atoms with van der Waals surface area (Å²) in [6.45, 7) is 6.39. The number of rotatable bonds is 7. The second-order valence-electron chi connectivity index (χ2n) is 7.18. The molecule has 1 fully saturated rings. The Bertz CT molecular complexity index is 839. The van der Waals surface area contributed by atoms with Gasteiger partial charge in [-0.05, 0) is 23.8 Å². The number of carbonyl (C=O) groups is 1. The van der Waals surface area contributed by atoms with E-state index in [1.165, 1.54) is 27.8 Å². The van der Waals surface area contributed by atoms with Gasteiger partial charge in [-0.2, -0.15) is 0 Å². The fraction of sp³-hybridized carbons (Fsp3) is 0.409. The van der Waals surface area contributed by atoms with Crippen LogP contribution < -0.4 is 19.7 Å². The van der Waals surface area contributed by atoms with E-state index in [0.717, 1.165) is 49.2 Å². The molecule has 154 valence electrons. The van der Waals surface area contributed by atoms with Gasteiger partial charge in [0.25, 0.3) is 0 Å². The van der Waals surface area contributed by atoms with Crippen LogP contribution in [0.5, 0.6) is 11.5 Å². The molecule has 1 amide bonds. The number of ether oxygens (including phenoxy) is 3. The van der Waals surface area contributed by atoms with E-state index in [9.17, 15) is 4.79 Å². The molecule has 0 bridgehead atoms. The maximum Gasteiger partial charge on any atom is 0.230 e. The van der Waals surface area contributed by atoms with E-state index >= 15 is 0 Å². The predicted octanol–water partition coefficient (Wildman–Crippen LogP) is 1.28. The number of thioether (sulfide) groups is 1. The molecule has 2 aliphatic rings. The van der Waals surface area contributed by atoms with Gasteiger partial charge in [-0.15, -0.1) is 11.8 Å². The third kappa shape index (κ3) is 5.65. The Morgan fingerprint density at radius 1 is 0.966 bits per heavy atom. The van der Waals surface area contributed by atoms with Crippen LogP contribution >= 0.6 is 11.8 Å². The van der Waals surface area contributed by atoms with Crippen molar-refractivity contribution in [1.82, 2.24) is 5.32 Å². The Hall–Kier alpha value is -2.22. The summed E-state index contributed by atoms with van der Waals surface area (Å²) in [6.07, 6.45) is 0. The number of quaternary nitrogens is 1. The molecule has 2 aromatic rings. The van der Waals surface area contributed by atoms with Gasteiger partial charge in [-0.1, -0.05) is 24.3 Å². The van der Waals surface area contributed by atoms with Gasteiger partial charge in [0.2, 0.25) is 5.91 Å². The normalized spacial score (nSPS) is 16.4. The lowest BCUT2D eigenvalue weighted by molar-refractivity contribution is -0.921. The van der Waals surface area contributed by atoms with Crippen LogP contribution in [0.2, 0.25) is 0 Å². The minimum atomic E-state index is 0.0263. The van der Waals surface area contributed by atoms with Gasteiger partial charge in [0, 0.05) is 17.0 Å². The summed E-state index contributed by atoms with van der Waals surface area (Å²) in [7, 11) is 0. The fourth-order valence-corrected chi connectivity index (χ4v) is 4.27. The number of hydrogen-bond acceptors (Lipinski definition) is 5. The van der Waals surface area contributed by atoms with E-state index in [4.69, 9.17) is 14.2 Å². The zero-order valence-electron chi connectivity index (χ0n) is 16.4. The molecule has 0 aromatic heterocycles. The average molecular weight is 416 g/mol. The van der Waals surface area contributed by atoms with Gasteiger partial charge in [-0.3, -0.25) is 4.79 Å². The Morgan fingerprint density at radius 3 is 2.55 bits per heavy atom. The summed E-state index contributed by atoms with van der Waals surface area (Å²) in [4.78, 5) is 14.9. The number of carbonyl (C=O) groups excluding carboxylic acids is 1. The van der Waals surface area contributed by atoms with E-state index in [-0.39, 0.29) is 5.91 Å². The van der Waals surface area contributed by atoms with Crippen molar-refractivity contribution in [2.75, 3.05) is 45.3 Å². The van der Waals surface area contributed by atoms with E-state index in [1.54, 1.807) is 0 Å². The second kappa shape index (κ2) is 10.0. The molecule has 2 heterocycles. The van der Waals surface area contributed by atoms with Crippen LogP contribution in [0, 0.1) is 0 Å². The molecule has 2 aromatic carbocycles. The number of amides is 1. The zero-order chi connectivity index (χ0) is 19.9.